The van der Waals surface area contributed by atoms with Crippen LogP contribution in [0.4, 0.5) is 0 Å². The third kappa shape index (κ3) is 4.31. The van der Waals surface area contributed by atoms with Crippen molar-refractivity contribution in [3.8, 4) is 0 Å². The van der Waals surface area contributed by atoms with Crippen LogP contribution in [-0.2, 0) is 11.2 Å². The van der Waals surface area contributed by atoms with Crippen molar-refractivity contribution in [3.63, 3.8) is 0 Å². The van der Waals surface area contributed by atoms with Crippen LogP contribution in [0.15, 0.2) is 24.3 Å². The van der Waals surface area contributed by atoms with Crippen molar-refractivity contribution in [2.45, 2.75) is 51.5 Å². The topological polar surface area (TPSA) is 46.3 Å². The lowest BCUT2D eigenvalue weighted by Crippen LogP contribution is -2.46. The van der Waals surface area contributed by atoms with E-state index in [2.05, 4.69) is 31.2 Å². The summed E-state index contributed by atoms with van der Waals surface area (Å²) in [4.78, 5) is 14.4. The summed E-state index contributed by atoms with van der Waals surface area (Å²) in [5.41, 5.74) is 8.37. The van der Waals surface area contributed by atoms with E-state index < -0.39 is 0 Å². The third-order valence-corrected chi connectivity index (χ3v) is 4.77. The summed E-state index contributed by atoms with van der Waals surface area (Å²) in [5.74, 6) is 0.730. The van der Waals surface area contributed by atoms with Crippen molar-refractivity contribution in [1.82, 2.24) is 4.90 Å². The average Bonchev–Trinajstić information content (AvgIpc) is 2.52. The summed E-state index contributed by atoms with van der Waals surface area (Å²) >= 11 is 0. The maximum atomic E-state index is 12.4. The summed E-state index contributed by atoms with van der Waals surface area (Å²) in [7, 11) is 1.96. The predicted molar refractivity (Wildman–Crippen MR) is 87.1 cm³/mol. The number of hydrogen-bond donors (Lipinski definition) is 1. The molecule has 2 unspecified atom stereocenters. The molecule has 2 N–H and O–H groups in total. The molecule has 1 amide bonds. The van der Waals surface area contributed by atoms with Gasteiger partial charge in [0.15, 0.2) is 0 Å². The van der Waals surface area contributed by atoms with Gasteiger partial charge in [0, 0.05) is 19.5 Å². The van der Waals surface area contributed by atoms with Crippen LogP contribution in [0.2, 0.25) is 0 Å². The van der Waals surface area contributed by atoms with E-state index in [1.165, 1.54) is 24.0 Å². The summed E-state index contributed by atoms with van der Waals surface area (Å²) in [6.45, 7) is 2.78. The van der Waals surface area contributed by atoms with Crippen LogP contribution in [0.25, 0.3) is 0 Å². The molecule has 0 spiro atoms. The van der Waals surface area contributed by atoms with Crippen LogP contribution in [0, 0.1) is 12.8 Å². The summed E-state index contributed by atoms with van der Waals surface area (Å²) in [6.07, 6.45) is 6.16. The highest BCUT2D eigenvalue weighted by Crippen LogP contribution is 2.27. The fraction of sp³-hybridized carbons (Fsp3) is 0.611. The number of benzene rings is 1. The van der Waals surface area contributed by atoms with Crippen LogP contribution < -0.4 is 5.73 Å². The lowest BCUT2D eigenvalue weighted by atomic mass is 9.83. The van der Waals surface area contributed by atoms with E-state index in [9.17, 15) is 4.79 Å². The molecule has 1 aromatic rings. The minimum Gasteiger partial charge on any atom is -0.342 e. The maximum absolute atomic E-state index is 12.4. The van der Waals surface area contributed by atoms with E-state index >= 15 is 0 Å². The first-order chi connectivity index (χ1) is 10.1. The Balaban J connectivity index is 1.90. The molecule has 0 saturated heterocycles. The van der Waals surface area contributed by atoms with Gasteiger partial charge < -0.3 is 10.6 Å². The Labute approximate surface area is 128 Å². The van der Waals surface area contributed by atoms with Crippen molar-refractivity contribution >= 4 is 5.91 Å². The number of rotatable bonds is 5. The molecule has 3 heteroatoms. The second-order valence-corrected chi connectivity index (χ2v) is 6.34. The molecule has 1 aromatic carbocycles. The number of hydrogen-bond acceptors (Lipinski definition) is 2. The first-order valence-corrected chi connectivity index (χ1v) is 8.13. The number of amides is 1. The molecule has 0 aliphatic heterocycles. The van der Waals surface area contributed by atoms with Crippen molar-refractivity contribution in [2.24, 2.45) is 11.7 Å². The largest absolute Gasteiger partial charge is 0.342 e. The van der Waals surface area contributed by atoms with Gasteiger partial charge in [0.1, 0.15) is 0 Å². The SMILES string of the molecule is Cc1cccc(CCC(=O)N(C)C2CCCCC2CN)c1. The van der Waals surface area contributed by atoms with Gasteiger partial charge in [0.25, 0.3) is 0 Å². The highest BCUT2D eigenvalue weighted by atomic mass is 16.2. The molecule has 1 fully saturated rings. The molecule has 2 rings (SSSR count). The Morgan fingerprint density at radius 3 is 2.81 bits per heavy atom. The first kappa shape index (κ1) is 16.0. The van der Waals surface area contributed by atoms with Crippen LogP contribution in [0.3, 0.4) is 0 Å². The van der Waals surface area contributed by atoms with Crippen LogP contribution >= 0.6 is 0 Å². The molecule has 1 aliphatic carbocycles. The number of nitrogens with zero attached hydrogens (tertiary/aromatic N) is 1. The van der Waals surface area contributed by atoms with Crippen LogP contribution in [-0.4, -0.2) is 30.4 Å². The van der Waals surface area contributed by atoms with Gasteiger partial charge in [-0.1, -0.05) is 42.7 Å². The highest BCUT2D eigenvalue weighted by Gasteiger charge is 2.29. The molecule has 0 aromatic heterocycles. The molecule has 116 valence electrons. The zero-order valence-corrected chi connectivity index (χ0v) is 13.3. The van der Waals surface area contributed by atoms with Gasteiger partial charge in [0.2, 0.25) is 5.91 Å². The van der Waals surface area contributed by atoms with E-state index in [1.807, 2.05) is 11.9 Å². The Bertz CT molecular complexity index is 472. The van der Waals surface area contributed by atoms with Gasteiger partial charge in [-0.15, -0.1) is 0 Å². The van der Waals surface area contributed by atoms with Gasteiger partial charge in [-0.2, -0.15) is 0 Å². The summed E-state index contributed by atoms with van der Waals surface area (Å²) < 4.78 is 0. The number of carbonyl (C=O) groups excluding carboxylic acids is 1. The number of nitrogens with two attached hydrogens (primary N) is 1. The zero-order chi connectivity index (χ0) is 15.2. The molecule has 0 heterocycles. The van der Waals surface area contributed by atoms with Crippen LogP contribution in [0.5, 0.6) is 0 Å². The minimum absolute atomic E-state index is 0.252. The normalized spacial score (nSPS) is 22.0. The molecule has 2 atom stereocenters. The molecular weight excluding hydrogens is 260 g/mol. The van der Waals surface area contributed by atoms with Gasteiger partial charge >= 0.3 is 0 Å². The van der Waals surface area contributed by atoms with Gasteiger partial charge in [-0.05, 0) is 44.2 Å². The molecular formula is C18H28N2O. The van der Waals surface area contributed by atoms with Crippen LogP contribution in [0.1, 0.15) is 43.2 Å². The predicted octanol–water partition coefficient (Wildman–Crippen LogP) is 2.90. The summed E-state index contributed by atoms with van der Waals surface area (Å²) in [5, 5.41) is 0. The van der Waals surface area contributed by atoms with E-state index in [4.69, 9.17) is 5.73 Å². The first-order valence-electron chi connectivity index (χ1n) is 8.13. The van der Waals surface area contributed by atoms with E-state index in [1.54, 1.807) is 0 Å². The molecule has 1 aliphatic rings. The fourth-order valence-corrected chi connectivity index (χ4v) is 3.45. The van der Waals surface area contributed by atoms with E-state index in [0.717, 1.165) is 19.3 Å². The molecule has 1 saturated carbocycles. The Morgan fingerprint density at radius 2 is 2.10 bits per heavy atom. The van der Waals surface area contributed by atoms with Crippen molar-refractivity contribution in [3.05, 3.63) is 35.4 Å². The van der Waals surface area contributed by atoms with Crippen molar-refractivity contribution in [2.75, 3.05) is 13.6 Å². The second kappa shape index (κ2) is 7.60. The number of aryl methyl sites for hydroxylation is 2. The lowest BCUT2D eigenvalue weighted by molar-refractivity contribution is -0.133. The quantitative estimate of drug-likeness (QED) is 0.905. The van der Waals surface area contributed by atoms with Crippen molar-refractivity contribution < 1.29 is 4.79 Å². The van der Waals surface area contributed by atoms with E-state index in [0.29, 0.717) is 24.9 Å². The standard InChI is InChI=1S/C18H28N2O/c1-14-6-5-7-15(12-14)10-11-18(21)20(2)17-9-4-3-8-16(17)13-19/h5-7,12,16-17H,3-4,8-11,13,19H2,1-2H3. The average molecular weight is 288 g/mol. The summed E-state index contributed by atoms with van der Waals surface area (Å²) in [6, 6.07) is 8.75. The Morgan fingerprint density at radius 1 is 1.33 bits per heavy atom. The Hall–Kier alpha value is -1.35. The maximum Gasteiger partial charge on any atom is 0.222 e. The van der Waals surface area contributed by atoms with E-state index in [-0.39, 0.29) is 5.91 Å². The second-order valence-electron chi connectivity index (χ2n) is 6.34. The zero-order valence-electron chi connectivity index (χ0n) is 13.3. The van der Waals surface area contributed by atoms with Crippen molar-refractivity contribution in [1.29, 1.82) is 0 Å². The number of carbonyl (C=O) groups is 1. The molecule has 0 radical (unpaired) electrons. The fourth-order valence-electron chi connectivity index (χ4n) is 3.45. The minimum atomic E-state index is 0.252. The third-order valence-electron chi connectivity index (χ3n) is 4.77. The smallest absolute Gasteiger partial charge is 0.222 e. The highest BCUT2D eigenvalue weighted by molar-refractivity contribution is 5.76. The molecule has 3 nitrogen and oxygen atoms in total. The van der Waals surface area contributed by atoms with Gasteiger partial charge in [0.05, 0.1) is 0 Å². The van der Waals surface area contributed by atoms with Gasteiger partial charge in [-0.3, -0.25) is 4.79 Å². The molecule has 0 bridgehead atoms. The molecule has 21 heavy (non-hydrogen) atoms. The Kier molecular flexibility index (Phi) is 5.80. The lowest BCUT2D eigenvalue weighted by Gasteiger charge is -2.37. The monoisotopic (exact) mass is 288 g/mol. The van der Waals surface area contributed by atoms with Gasteiger partial charge in [-0.25, -0.2) is 0 Å².